The van der Waals surface area contributed by atoms with E-state index < -0.39 is 0 Å². The molecule has 2 heterocycles. The van der Waals surface area contributed by atoms with Crippen molar-refractivity contribution >= 4 is 16.7 Å². The molecular weight excluding hydrogens is 408 g/mol. The summed E-state index contributed by atoms with van der Waals surface area (Å²) in [6.45, 7) is 3.93. The standard InChI is InChI=1S/C25H28N2O5/c28-19-14-21(30)24(31-18-4-1-2-5-18)25-23(19)20(29)15-22(32-25)16-6-8-17(9-7-16)27-12-3-10-26-11-13-27/h6-9,14-15,18,26,28,30H,1-5,10-13H2. The molecule has 0 atom stereocenters. The zero-order chi connectivity index (χ0) is 22.1. The number of phenols is 2. The number of nitrogens with zero attached hydrogens (tertiary/aromatic N) is 1. The second kappa shape index (κ2) is 8.74. The zero-order valence-electron chi connectivity index (χ0n) is 18.0. The maximum Gasteiger partial charge on any atom is 0.205 e. The predicted octanol–water partition coefficient (Wildman–Crippen LogP) is 3.99. The number of benzene rings is 2. The number of phenolic OH excluding ortho intramolecular Hbond substituents is 2. The van der Waals surface area contributed by atoms with E-state index in [-0.39, 0.29) is 39.8 Å². The molecule has 1 aliphatic carbocycles. The highest BCUT2D eigenvalue weighted by Crippen LogP contribution is 2.42. The van der Waals surface area contributed by atoms with Crippen LogP contribution in [0.3, 0.4) is 0 Å². The SMILES string of the molecule is O=c1cc(-c2ccc(N3CCCNCC3)cc2)oc2c(OC3CCCC3)c(O)cc(O)c12. The Bertz CT molecular complexity index is 1160. The minimum absolute atomic E-state index is 0.0215. The van der Waals surface area contributed by atoms with Crippen LogP contribution in [0.1, 0.15) is 32.1 Å². The van der Waals surface area contributed by atoms with E-state index in [1.54, 1.807) is 0 Å². The third-order valence-electron chi connectivity index (χ3n) is 6.36. The van der Waals surface area contributed by atoms with Crippen molar-refractivity contribution in [1.82, 2.24) is 5.32 Å². The molecule has 2 fully saturated rings. The molecule has 1 saturated heterocycles. The van der Waals surface area contributed by atoms with Crippen LogP contribution >= 0.6 is 0 Å². The van der Waals surface area contributed by atoms with E-state index in [1.807, 2.05) is 24.3 Å². The van der Waals surface area contributed by atoms with Crippen molar-refractivity contribution in [2.45, 2.75) is 38.2 Å². The molecule has 0 spiro atoms. The summed E-state index contributed by atoms with van der Waals surface area (Å²) in [5, 5.41) is 24.2. The Morgan fingerprint density at radius 2 is 1.75 bits per heavy atom. The van der Waals surface area contributed by atoms with Gasteiger partial charge in [-0.2, -0.15) is 0 Å². The second-order valence-corrected chi connectivity index (χ2v) is 8.58. The summed E-state index contributed by atoms with van der Waals surface area (Å²) in [6.07, 6.45) is 4.97. The molecule has 2 aromatic carbocycles. The van der Waals surface area contributed by atoms with Gasteiger partial charge in [0.1, 0.15) is 16.9 Å². The molecule has 1 aromatic heterocycles. The molecule has 1 aliphatic heterocycles. The molecule has 168 valence electrons. The van der Waals surface area contributed by atoms with E-state index in [1.165, 1.54) is 6.07 Å². The summed E-state index contributed by atoms with van der Waals surface area (Å²) in [4.78, 5) is 15.2. The van der Waals surface area contributed by atoms with Gasteiger partial charge in [-0.15, -0.1) is 0 Å². The van der Waals surface area contributed by atoms with Gasteiger partial charge in [0, 0.05) is 43.0 Å². The molecular formula is C25H28N2O5. The first kappa shape index (κ1) is 20.7. The average molecular weight is 437 g/mol. The predicted molar refractivity (Wildman–Crippen MR) is 124 cm³/mol. The highest BCUT2D eigenvalue weighted by molar-refractivity contribution is 5.91. The molecule has 0 radical (unpaired) electrons. The molecule has 0 unspecified atom stereocenters. The van der Waals surface area contributed by atoms with Crippen LogP contribution in [0.15, 0.2) is 45.6 Å². The molecule has 3 N–H and O–H groups in total. The number of anilines is 1. The highest BCUT2D eigenvalue weighted by Gasteiger charge is 2.24. The van der Waals surface area contributed by atoms with Crippen molar-refractivity contribution in [2.75, 3.05) is 31.1 Å². The quantitative estimate of drug-likeness (QED) is 0.569. The summed E-state index contributed by atoms with van der Waals surface area (Å²) in [6, 6.07) is 10.4. The average Bonchev–Trinajstić information content (AvgIpc) is 3.15. The fourth-order valence-corrected chi connectivity index (χ4v) is 4.65. The van der Waals surface area contributed by atoms with Crippen molar-refractivity contribution in [3.63, 3.8) is 0 Å². The third-order valence-corrected chi connectivity index (χ3v) is 6.36. The van der Waals surface area contributed by atoms with E-state index in [9.17, 15) is 15.0 Å². The van der Waals surface area contributed by atoms with Gasteiger partial charge in [0.25, 0.3) is 0 Å². The second-order valence-electron chi connectivity index (χ2n) is 8.58. The Morgan fingerprint density at radius 1 is 0.969 bits per heavy atom. The number of aromatic hydroxyl groups is 2. The molecule has 5 rings (SSSR count). The fourth-order valence-electron chi connectivity index (χ4n) is 4.65. The summed E-state index contributed by atoms with van der Waals surface area (Å²) in [5.41, 5.74) is 1.58. The Labute approximate surface area is 186 Å². The lowest BCUT2D eigenvalue weighted by molar-refractivity contribution is 0.201. The van der Waals surface area contributed by atoms with E-state index in [2.05, 4.69) is 10.2 Å². The Morgan fingerprint density at radius 3 is 2.53 bits per heavy atom. The molecule has 0 bridgehead atoms. The minimum atomic E-state index is -0.377. The summed E-state index contributed by atoms with van der Waals surface area (Å²) in [5.74, 6) is -0.0563. The highest BCUT2D eigenvalue weighted by atomic mass is 16.5. The molecule has 32 heavy (non-hydrogen) atoms. The zero-order valence-corrected chi connectivity index (χ0v) is 18.0. The summed E-state index contributed by atoms with van der Waals surface area (Å²) in [7, 11) is 0. The number of hydrogen-bond donors (Lipinski definition) is 3. The van der Waals surface area contributed by atoms with Crippen LogP contribution in [0.2, 0.25) is 0 Å². The smallest absolute Gasteiger partial charge is 0.205 e. The lowest BCUT2D eigenvalue weighted by Gasteiger charge is -2.22. The largest absolute Gasteiger partial charge is 0.507 e. The maximum absolute atomic E-state index is 12.9. The summed E-state index contributed by atoms with van der Waals surface area (Å²) < 4.78 is 12.1. The summed E-state index contributed by atoms with van der Waals surface area (Å²) >= 11 is 0. The first-order valence-corrected chi connectivity index (χ1v) is 11.4. The fraction of sp³-hybridized carbons (Fsp3) is 0.400. The van der Waals surface area contributed by atoms with Gasteiger partial charge in [-0.05, 0) is 62.9 Å². The number of hydrogen-bond acceptors (Lipinski definition) is 7. The van der Waals surface area contributed by atoms with Crippen LogP contribution in [0.4, 0.5) is 5.69 Å². The van der Waals surface area contributed by atoms with E-state index in [4.69, 9.17) is 9.15 Å². The van der Waals surface area contributed by atoms with Crippen LogP contribution in [0, 0.1) is 0 Å². The van der Waals surface area contributed by atoms with Gasteiger partial charge in [0.2, 0.25) is 5.75 Å². The first-order valence-electron chi connectivity index (χ1n) is 11.4. The monoisotopic (exact) mass is 436 g/mol. The van der Waals surface area contributed by atoms with Crippen molar-refractivity contribution in [1.29, 1.82) is 0 Å². The number of ether oxygens (including phenoxy) is 1. The minimum Gasteiger partial charge on any atom is -0.507 e. The number of fused-ring (bicyclic) bond motifs is 1. The Balaban J connectivity index is 1.53. The Kier molecular flexibility index (Phi) is 5.66. The van der Waals surface area contributed by atoms with Gasteiger partial charge >= 0.3 is 0 Å². The van der Waals surface area contributed by atoms with E-state index >= 15 is 0 Å². The molecule has 1 saturated carbocycles. The molecule has 0 amide bonds. The van der Waals surface area contributed by atoms with Gasteiger partial charge in [-0.3, -0.25) is 4.79 Å². The lowest BCUT2D eigenvalue weighted by Crippen LogP contribution is -2.27. The van der Waals surface area contributed by atoms with Crippen molar-refractivity contribution < 1.29 is 19.4 Å². The van der Waals surface area contributed by atoms with Crippen molar-refractivity contribution in [3.05, 3.63) is 46.6 Å². The van der Waals surface area contributed by atoms with Gasteiger partial charge in [0.05, 0.1) is 6.10 Å². The van der Waals surface area contributed by atoms with Gasteiger partial charge in [-0.25, -0.2) is 0 Å². The topological polar surface area (TPSA) is 95.2 Å². The molecule has 2 aliphatic rings. The van der Waals surface area contributed by atoms with E-state index in [0.29, 0.717) is 5.76 Å². The first-order chi connectivity index (χ1) is 15.6. The normalized spacial score (nSPS) is 17.6. The van der Waals surface area contributed by atoms with Gasteiger partial charge < -0.3 is 29.6 Å². The maximum atomic E-state index is 12.9. The van der Waals surface area contributed by atoms with Gasteiger partial charge in [-0.1, -0.05) is 0 Å². The van der Waals surface area contributed by atoms with Crippen LogP contribution < -0.4 is 20.4 Å². The number of nitrogens with one attached hydrogen (secondary N) is 1. The van der Waals surface area contributed by atoms with Crippen molar-refractivity contribution in [2.24, 2.45) is 0 Å². The van der Waals surface area contributed by atoms with E-state index in [0.717, 1.165) is 75.6 Å². The molecule has 7 heteroatoms. The van der Waals surface area contributed by atoms with Crippen LogP contribution in [0.25, 0.3) is 22.3 Å². The van der Waals surface area contributed by atoms with Crippen LogP contribution in [-0.4, -0.2) is 42.5 Å². The number of rotatable bonds is 4. The molecule has 3 aromatic rings. The third kappa shape index (κ3) is 4.00. The lowest BCUT2D eigenvalue weighted by atomic mass is 10.1. The van der Waals surface area contributed by atoms with Crippen LogP contribution in [0.5, 0.6) is 17.2 Å². The van der Waals surface area contributed by atoms with Crippen molar-refractivity contribution in [3.8, 4) is 28.6 Å². The van der Waals surface area contributed by atoms with Gasteiger partial charge in [0.15, 0.2) is 16.8 Å². The van der Waals surface area contributed by atoms with Crippen LogP contribution in [-0.2, 0) is 0 Å². The Hall–Kier alpha value is -3.19. The molecule has 7 nitrogen and oxygen atoms in total.